The van der Waals surface area contributed by atoms with Crippen LogP contribution < -0.4 is 0 Å². The van der Waals surface area contributed by atoms with E-state index in [0.717, 1.165) is 25.7 Å². The summed E-state index contributed by atoms with van der Waals surface area (Å²) in [5, 5.41) is 18.6. The zero-order chi connectivity index (χ0) is 15.0. The number of hydrogen-bond acceptors (Lipinski definition) is 5. The van der Waals surface area contributed by atoms with E-state index in [9.17, 15) is 14.7 Å². The van der Waals surface area contributed by atoms with Gasteiger partial charge in [-0.2, -0.15) is 5.26 Å². The van der Waals surface area contributed by atoms with Gasteiger partial charge in [0.05, 0.1) is 24.7 Å². The standard InChI is InChI=1S/C15H23NO4/c1-2-20-15(19)8-6-4-3-5-7-11-12(10-16)14(18)9-13(11)17/h11-12,14,18H,2-9H2,1H3. The first-order valence-corrected chi connectivity index (χ1v) is 7.36. The smallest absolute Gasteiger partial charge is 0.305 e. The van der Waals surface area contributed by atoms with Crippen LogP contribution in [0.25, 0.3) is 0 Å². The Morgan fingerprint density at radius 1 is 1.40 bits per heavy atom. The molecule has 0 aromatic rings. The van der Waals surface area contributed by atoms with Gasteiger partial charge < -0.3 is 9.84 Å². The van der Waals surface area contributed by atoms with Crippen LogP contribution in [-0.4, -0.2) is 29.6 Å². The van der Waals surface area contributed by atoms with Crippen molar-refractivity contribution in [3.63, 3.8) is 0 Å². The minimum Gasteiger partial charge on any atom is -0.466 e. The second kappa shape index (κ2) is 8.70. The molecular weight excluding hydrogens is 258 g/mol. The van der Waals surface area contributed by atoms with Gasteiger partial charge in [0.1, 0.15) is 5.78 Å². The van der Waals surface area contributed by atoms with Crippen molar-refractivity contribution in [1.29, 1.82) is 5.26 Å². The molecule has 0 aliphatic heterocycles. The van der Waals surface area contributed by atoms with E-state index in [1.54, 1.807) is 6.92 Å². The lowest BCUT2D eigenvalue weighted by atomic mass is 9.90. The largest absolute Gasteiger partial charge is 0.466 e. The summed E-state index contributed by atoms with van der Waals surface area (Å²) in [5.74, 6) is -0.996. The van der Waals surface area contributed by atoms with Gasteiger partial charge in [-0.15, -0.1) is 0 Å². The molecule has 0 bridgehead atoms. The molecule has 1 N–H and O–H groups in total. The van der Waals surface area contributed by atoms with Crippen LogP contribution >= 0.6 is 0 Å². The molecule has 5 nitrogen and oxygen atoms in total. The number of aliphatic hydroxyl groups is 1. The van der Waals surface area contributed by atoms with E-state index in [4.69, 9.17) is 10.00 Å². The van der Waals surface area contributed by atoms with E-state index >= 15 is 0 Å². The molecule has 0 spiro atoms. The summed E-state index contributed by atoms with van der Waals surface area (Å²) in [7, 11) is 0. The number of ketones is 1. The minimum atomic E-state index is -0.790. The number of esters is 1. The minimum absolute atomic E-state index is 0.00979. The number of nitrogens with zero attached hydrogens (tertiary/aromatic N) is 1. The lowest BCUT2D eigenvalue weighted by Crippen LogP contribution is -2.18. The van der Waals surface area contributed by atoms with Crippen LogP contribution in [0.3, 0.4) is 0 Å². The van der Waals surface area contributed by atoms with E-state index in [1.165, 1.54) is 0 Å². The van der Waals surface area contributed by atoms with E-state index in [0.29, 0.717) is 19.4 Å². The number of nitriles is 1. The first-order chi connectivity index (χ1) is 9.60. The van der Waals surface area contributed by atoms with Crippen LogP contribution in [-0.2, 0) is 14.3 Å². The van der Waals surface area contributed by atoms with Crippen molar-refractivity contribution < 1.29 is 19.4 Å². The molecule has 1 aliphatic carbocycles. The van der Waals surface area contributed by atoms with Gasteiger partial charge in [0.2, 0.25) is 0 Å². The lowest BCUT2D eigenvalue weighted by molar-refractivity contribution is -0.143. The number of hydrogen-bond donors (Lipinski definition) is 1. The van der Waals surface area contributed by atoms with Crippen LogP contribution in [0, 0.1) is 23.2 Å². The van der Waals surface area contributed by atoms with Gasteiger partial charge >= 0.3 is 5.97 Å². The molecule has 20 heavy (non-hydrogen) atoms. The Morgan fingerprint density at radius 3 is 2.75 bits per heavy atom. The monoisotopic (exact) mass is 281 g/mol. The number of carbonyl (C=O) groups excluding carboxylic acids is 2. The van der Waals surface area contributed by atoms with E-state index in [-0.39, 0.29) is 24.1 Å². The summed E-state index contributed by atoms with van der Waals surface area (Å²) in [6, 6.07) is 2.04. The van der Waals surface area contributed by atoms with Crippen molar-refractivity contribution in [3.05, 3.63) is 0 Å². The number of carbonyl (C=O) groups is 2. The number of unbranched alkanes of at least 4 members (excludes halogenated alkanes) is 3. The zero-order valence-electron chi connectivity index (χ0n) is 12.0. The van der Waals surface area contributed by atoms with Crippen molar-refractivity contribution in [2.24, 2.45) is 11.8 Å². The summed E-state index contributed by atoms with van der Waals surface area (Å²) in [5.41, 5.74) is 0. The molecule has 3 unspecified atom stereocenters. The van der Waals surface area contributed by atoms with Gasteiger partial charge in [0.25, 0.3) is 0 Å². The number of Topliss-reactive ketones (excluding diaryl/α,β-unsaturated/α-hetero) is 1. The van der Waals surface area contributed by atoms with E-state index < -0.39 is 12.0 Å². The Morgan fingerprint density at radius 2 is 2.10 bits per heavy atom. The Kier molecular flexibility index (Phi) is 7.24. The summed E-state index contributed by atoms with van der Waals surface area (Å²) in [6.07, 6.45) is 3.92. The molecule has 112 valence electrons. The topological polar surface area (TPSA) is 87.4 Å². The first kappa shape index (κ1) is 16.6. The molecule has 0 aromatic carbocycles. The number of rotatable bonds is 8. The maximum atomic E-state index is 11.7. The van der Waals surface area contributed by atoms with Crippen LogP contribution in [0.15, 0.2) is 0 Å². The summed E-state index contributed by atoms with van der Waals surface area (Å²) in [4.78, 5) is 22.8. The molecule has 1 rings (SSSR count). The van der Waals surface area contributed by atoms with Crippen LogP contribution in [0.5, 0.6) is 0 Å². The van der Waals surface area contributed by atoms with Gasteiger partial charge in [-0.3, -0.25) is 9.59 Å². The van der Waals surface area contributed by atoms with Crippen LogP contribution in [0.2, 0.25) is 0 Å². The summed E-state index contributed by atoms with van der Waals surface area (Å²) < 4.78 is 4.84. The fourth-order valence-electron chi connectivity index (χ4n) is 2.69. The second-order valence-corrected chi connectivity index (χ2v) is 5.26. The average Bonchev–Trinajstić information content (AvgIpc) is 2.68. The van der Waals surface area contributed by atoms with Gasteiger partial charge in [0, 0.05) is 18.8 Å². The van der Waals surface area contributed by atoms with Crippen molar-refractivity contribution in [3.8, 4) is 6.07 Å². The molecule has 0 saturated heterocycles. The molecule has 5 heteroatoms. The SMILES string of the molecule is CCOC(=O)CCCCCCC1C(=O)CC(O)C1C#N. The predicted molar refractivity (Wildman–Crippen MR) is 72.6 cm³/mol. The second-order valence-electron chi connectivity index (χ2n) is 5.26. The highest BCUT2D eigenvalue weighted by Crippen LogP contribution is 2.32. The molecule has 0 heterocycles. The van der Waals surface area contributed by atoms with Gasteiger partial charge in [-0.1, -0.05) is 19.3 Å². The van der Waals surface area contributed by atoms with Gasteiger partial charge in [-0.25, -0.2) is 0 Å². The molecule has 0 aromatic heterocycles. The lowest BCUT2D eigenvalue weighted by Gasteiger charge is -2.13. The maximum Gasteiger partial charge on any atom is 0.305 e. The normalized spacial score (nSPS) is 25.4. The molecule has 1 fully saturated rings. The summed E-state index contributed by atoms with van der Waals surface area (Å²) in [6.45, 7) is 2.21. The van der Waals surface area contributed by atoms with E-state index in [2.05, 4.69) is 0 Å². The predicted octanol–water partition coefficient (Wildman–Crippen LogP) is 1.98. The molecule has 1 aliphatic rings. The van der Waals surface area contributed by atoms with Crippen LogP contribution in [0.4, 0.5) is 0 Å². The number of aliphatic hydroxyl groups excluding tert-OH is 1. The van der Waals surface area contributed by atoms with Crippen molar-refractivity contribution in [2.45, 2.75) is 58.0 Å². The fourth-order valence-corrected chi connectivity index (χ4v) is 2.69. The Balaban J connectivity index is 2.14. The maximum absolute atomic E-state index is 11.7. The Bertz CT molecular complexity index is 375. The third-order valence-corrected chi connectivity index (χ3v) is 3.77. The highest BCUT2D eigenvalue weighted by atomic mass is 16.5. The fraction of sp³-hybridized carbons (Fsp3) is 0.800. The quantitative estimate of drug-likeness (QED) is 0.543. The molecular formula is C15H23NO4. The molecule has 1 saturated carbocycles. The number of ether oxygens (including phenoxy) is 1. The molecule has 3 atom stereocenters. The Hall–Kier alpha value is -1.41. The van der Waals surface area contributed by atoms with Crippen molar-refractivity contribution >= 4 is 11.8 Å². The Labute approximate surface area is 119 Å². The highest BCUT2D eigenvalue weighted by molar-refractivity contribution is 5.84. The first-order valence-electron chi connectivity index (χ1n) is 7.36. The molecule has 0 amide bonds. The van der Waals surface area contributed by atoms with Crippen molar-refractivity contribution in [2.75, 3.05) is 6.61 Å². The summed E-state index contributed by atoms with van der Waals surface area (Å²) >= 11 is 0. The highest BCUT2D eigenvalue weighted by Gasteiger charge is 2.41. The zero-order valence-corrected chi connectivity index (χ0v) is 12.0. The molecule has 0 radical (unpaired) electrons. The van der Waals surface area contributed by atoms with Crippen LogP contribution in [0.1, 0.15) is 51.9 Å². The van der Waals surface area contributed by atoms with Gasteiger partial charge in [-0.05, 0) is 19.8 Å². The third kappa shape index (κ3) is 4.93. The third-order valence-electron chi connectivity index (χ3n) is 3.77. The average molecular weight is 281 g/mol. The van der Waals surface area contributed by atoms with E-state index in [1.807, 2.05) is 6.07 Å². The van der Waals surface area contributed by atoms with Crippen molar-refractivity contribution in [1.82, 2.24) is 0 Å². The van der Waals surface area contributed by atoms with Gasteiger partial charge in [0.15, 0.2) is 0 Å².